The van der Waals surface area contributed by atoms with E-state index in [1.807, 2.05) is 0 Å². The van der Waals surface area contributed by atoms with E-state index in [0.29, 0.717) is 35.3 Å². The van der Waals surface area contributed by atoms with Gasteiger partial charge in [-0.1, -0.05) is 26.0 Å². The molecule has 0 aromatic heterocycles. The molecule has 2 rings (SSSR count). The highest BCUT2D eigenvalue weighted by Gasteiger charge is 2.10. The van der Waals surface area contributed by atoms with E-state index in [1.165, 1.54) is 7.11 Å². The van der Waals surface area contributed by atoms with Crippen LogP contribution in [-0.4, -0.2) is 32.1 Å². The Morgan fingerprint density at radius 2 is 1.59 bits per heavy atom. The molecule has 2 aromatic carbocycles. The van der Waals surface area contributed by atoms with E-state index in [0.717, 1.165) is 0 Å². The van der Waals surface area contributed by atoms with Crippen molar-refractivity contribution in [2.24, 2.45) is 5.92 Å². The molecule has 0 saturated heterocycles. The minimum Gasteiger partial charge on any atom is -0.493 e. The van der Waals surface area contributed by atoms with Gasteiger partial charge in [0, 0.05) is 5.56 Å². The molecule has 0 aliphatic carbocycles. The van der Waals surface area contributed by atoms with Gasteiger partial charge in [0.05, 0.1) is 13.7 Å². The van der Waals surface area contributed by atoms with Gasteiger partial charge in [-0.15, -0.1) is 0 Å². The number of benzene rings is 2. The number of rotatable bonds is 8. The van der Waals surface area contributed by atoms with Crippen LogP contribution in [0.3, 0.4) is 0 Å². The van der Waals surface area contributed by atoms with Crippen LogP contribution in [0.1, 0.15) is 24.2 Å². The molecule has 7 heteroatoms. The predicted octanol–water partition coefficient (Wildman–Crippen LogP) is 2.57. The van der Waals surface area contributed by atoms with E-state index in [4.69, 9.17) is 14.2 Å². The SMILES string of the molecule is COc1ccccc1OCC(=O)NNC(=O)c1ccc(OCC(C)C)cc1. The summed E-state index contributed by atoms with van der Waals surface area (Å²) in [6, 6.07) is 13.7. The molecule has 0 atom stereocenters. The summed E-state index contributed by atoms with van der Waals surface area (Å²) >= 11 is 0. The quantitative estimate of drug-likeness (QED) is 0.696. The van der Waals surface area contributed by atoms with Crippen molar-refractivity contribution in [3.05, 3.63) is 54.1 Å². The Morgan fingerprint density at radius 3 is 2.22 bits per heavy atom. The summed E-state index contributed by atoms with van der Waals surface area (Å²) in [6.45, 7) is 4.46. The van der Waals surface area contributed by atoms with Crippen LogP contribution in [0.5, 0.6) is 17.2 Å². The lowest BCUT2D eigenvalue weighted by Gasteiger charge is -2.11. The summed E-state index contributed by atoms with van der Waals surface area (Å²) in [4.78, 5) is 23.9. The van der Waals surface area contributed by atoms with E-state index < -0.39 is 11.8 Å². The lowest BCUT2D eigenvalue weighted by molar-refractivity contribution is -0.123. The molecule has 2 amide bonds. The fourth-order valence-corrected chi connectivity index (χ4v) is 2.08. The Kier molecular flexibility index (Phi) is 7.49. The van der Waals surface area contributed by atoms with Crippen LogP contribution in [0.2, 0.25) is 0 Å². The zero-order valence-electron chi connectivity index (χ0n) is 15.7. The average molecular weight is 372 g/mol. The summed E-state index contributed by atoms with van der Waals surface area (Å²) in [5.41, 5.74) is 5.05. The monoisotopic (exact) mass is 372 g/mol. The van der Waals surface area contributed by atoms with Crippen LogP contribution in [0, 0.1) is 5.92 Å². The highest BCUT2D eigenvalue weighted by Crippen LogP contribution is 2.25. The zero-order chi connectivity index (χ0) is 19.6. The van der Waals surface area contributed by atoms with Crippen molar-refractivity contribution >= 4 is 11.8 Å². The molecule has 0 bridgehead atoms. The first-order valence-electron chi connectivity index (χ1n) is 8.57. The van der Waals surface area contributed by atoms with Crippen LogP contribution >= 0.6 is 0 Å². The van der Waals surface area contributed by atoms with Crippen molar-refractivity contribution in [1.82, 2.24) is 10.9 Å². The van der Waals surface area contributed by atoms with E-state index in [1.54, 1.807) is 48.5 Å². The average Bonchev–Trinajstić information content (AvgIpc) is 2.69. The van der Waals surface area contributed by atoms with Crippen molar-refractivity contribution in [2.45, 2.75) is 13.8 Å². The molecule has 7 nitrogen and oxygen atoms in total. The van der Waals surface area contributed by atoms with Gasteiger partial charge < -0.3 is 14.2 Å². The standard InChI is InChI=1S/C20H24N2O5/c1-14(2)12-26-16-10-8-15(9-11-16)20(24)22-21-19(23)13-27-18-7-5-4-6-17(18)25-3/h4-11,14H,12-13H2,1-3H3,(H,21,23)(H,22,24). The van der Waals surface area contributed by atoms with Crippen molar-refractivity contribution in [3.8, 4) is 17.2 Å². The number of nitrogens with one attached hydrogen (secondary N) is 2. The van der Waals surface area contributed by atoms with Crippen molar-refractivity contribution < 1.29 is 23.8 Å². The number of para-hydroxylation sites is 2. The first-order chi connectivity index (χ1) is 13.0. The van der Waals surface area contributed by atoms with Gasteiger partial charge >= 0.3 is 0 Å². The fraction of sp³-hybridized carbons (Fsp3) is 0.300. The van der Waals surface area contributed by atoms with Crippen LogP contribution in [0.25, 0.3) is 0 Å². The van der Waals surface area contributed by atoms with Crippen molar-refractivity contribution in [3.63, 3.8) is 0 Å². The second kappa shape index (κ2) is 10.1. The Bertz CT molecular complexity index is 759. The molecule has 2 N–H and O–H groups in total. The van der Waals surface area contributed by atoms with Crippen molar-refractivity contribution in [2.75, 3.05) is 20.3 Å². The Morgan fingerprint density at radius 1 is 0.926 bits per heavy atom. The smallest absolute Gasteiger partial charge is 0.276 e. The summed E-state index contributed by atoms with van der Waals surface area (Å²) in [5.74, 6) is 1.14. The number of hydrogen-bond acceptors (Lipinski definition) is 5. The second-order valence-corrected chi connectivity index (χ2v) is 6.17. The maximum Gasteiger partial charge on any atom is 0.276 e. The lowest BCUT2D eigenvalue weighted by Crippen LogP contribution is -2.43. The highest BCUT2D eigenvalue weighted by molar-refractivity contribution is 5.95. The first kappa shape index (κ1) is 20.1. The Balaban J connectivity index is 1.78. The van der Waals surface area contributed by atoms with Crippen LogP contribution in [0.4, 0.5) is 0 Å². The maximum atomic E-state index is 12.1. The van der Waals surface area contributed by atoms with Gasteiger partial charge in [0.2, 0.25) is 0 Å². The van der Waals surface area contributed by atoms with Crippen LogP contribution in [-0.2, 0) is 4.79 Å². The van der Waals surface area contributed by atoms with E-state index in [-0.39, 0.29) is 6.61 Å². The summed E-state index contributed by atoms with van der Waals surface area (Å²) in [6.07, 6.45) is 0. The van der Waals surface area contributed by atoms with E-state index in [9.17, 15) is 9.59 Å². The second-order valence-electron chi connectivity index (χ2n) is 6.17. The number of ether oxygens (including phenoxy) is 3. The van der Waals surface area contributed by atoms with Crippen LogP contribution < -0.4 is 25.1 Å². The number of carbonyl (C=O) groups excluding carboxylic acids is 2. The normalized spacial score (nSPS) is 10.2. The van der Waals surface area contributed by atoms with Gasteiger partial charge in [0.25, 0.3) is 11.8 Å². The number of carbonyl (C=O) groups is 2. The molecule has 0 heterocycles. The van der Waals surface area contributed by atoms with Gasteiger partial charge in [0.15, 0.2) is 18.1 Å². The molecular weight excluding hydrogens is 348 g/mol. The topological polar surface area (TPSA) is 85.9 Å². The number of methoxy groups -OCH3 is 1. The van der Waals surface area contributed by atoms with Gasteiger partial charge in [0.1, 0.15) is 5.75 Å². The molecule has 2 aromatic rings. The van der Waals surface area contributed by atoms with Gasteiger partial charge in [-0.25, -0.2) is 0 Å². The third-order valence-electron chi connectivity index (χ3n) is 3.44. The molecule has 0 unspecified atom stereocenters. The lowest BCUT2D eigenvalue weighted by atomic mass is 10.2. The molecule has 144 valence electrons. The minimum absolute atomic E-state index is 0.261. The largest absolute Gasteiger partial charge is 0.493 e. The molecule has 0 radical (unpaired) electrons. The fourth-order valence-electron chi connectivity index (χ4n) is 2.08. The molecular formula is C20H24N2O5. The highest BCUT2D eigenvalue weighted by atomic mass is 16.5. The summed E-state index contributed by atoms with van der Waals surface area (Å²) in [7, 11) is 1.52. The maximum absolute atomic E-state index is 12.1. The van der Waals surface area contributed by atoms with Gasteiger partial charge in [-0.2, -0.15) is 0 Å². The number of amides is 2. The van der Waals surface area contributed by atoms with Crippen molar-refractivity contribution in [1.29, 1.82) is 0 Å². The molecule has 0 aliphatic rings. The third-order valence-corrected chi connectivity index (χ3v) is 3.44. The molecule has 27 heavy (non-hydrogen) atoms. The number of hydrogen-bond donors (Lipinski definition) is 2. The summed E-state index contributed by atoms with van der Waals surface area (Å²) < 4.78 is 16.1. The van der Waals surface area contributed by atoms with Gasteiger partial charge in [-0.05, 0) is 42.3 Å². The third kappa shape index (κ3) is 6.54. The van der Waals surface area contributed by atoms with E-state index in [2.05, 4.69) is 24.7 Å². The zero-order valence-corrected chi connectivity index (χ0v) is 15.7. The molecule has 0 spiro atoms. The summed E-state index contributed by atoms with van der Waals surface area (Å²) in [5, 5.41) is 0. The number of hydrazine groups is 1. The Hall–Kier alpha value is -3.22. The van der Waals surface area contributed by atoms with E-state index >= 15 is 0 Å². The molecule has 0 fully saturated rings. The van der Waals surface area contributed by atoms with Gasteiger partial charge in [-0.3, -0.25) is 20.4 Å². The Labute approximate surface area is 158 Å². The molecule has 0 saturated carbocycles. The molecule has 0 aliphatic heterocycles. The van der Waals surface area contributed by atoms with Crippen LogP contribution in [0.15, 0.2) is 48.5 Å². The first-order valence-corrected chi connectivity index (χ1v) is 8.57. The minimum atomic E-state index is -0.494. The predicted molar refractivity (Wildman–Crippen MR) is 101 cm³/mol.